The minimum absolute atomic E-state index is 0.299. The fourth-order valence-electron chi connectivity index (χ4n) is 2.01. The number of nitrogens with one attached hydrogen (secondary N) is 1. The van der Waals surface area contributed by atoms with E-state index in [-0.39, 0.29) is 5.91 Å². The van der Waals surface area contributed by atoms with Crippen molar-refractivity contribution in [3.05, 3.63) is 67.6 Å². The minimum atomic E-state index is -0.804. The maximum atomic E-state index is 12.3. The van der Waals surface area contributed by atoms with E-state index in [1.807, 2.05) is 6.07 Å². The molecular weight excluding hydrogens is 447 g/mol. The van der Waals surface area contributed by atoms with Crippen molar-refractivity contribution in [2.45, 2.75) is 12.5 Å². The van der Waals surface area contributed by atoms with Crippen LogP contribution in [-0.2, 0) is 11.2 Å². The van der Waals surface area contributed by atoms with E-state index in [4.69, 9.17) is 17.3 Å². The summed E-state index contributed by atoms with van der Waals surface area (Å²) in [6, 6.07) is 11.4. The van der Waals surface area contributed by atoms with Crippen molar-refractivity contribution in [3.8, 4) is 0 Å². The molecular formula is C16H13Br2ClN2O2. The van der Waals surface area contributed by atoms with Crippen LogP contribution >= 0.6 is 43.5 Å². The van der Waals surface area contributed by atoms with Gasteiger partial charge in [-0.15, -0.1) is 0 Å². The molecule has 0 unspecified atom stereocenters. The predicted molar refractivity (Wildman–Crippen MR) is 97.4 cm³/mol. The van der Waals surface area contributed by atoms with Gasteiger partial charge in [-0.1, -0.05) is 55.6 Å². The molecule has 0 aliphatic heterocycles. The van der Waals surface area contributed by atoms with E-state index in [2.05, 4.69) is 37.2 Å². The number of halogens is 3. The Balaban J connectivity index is 2.14. The summed E-state index contributed by atoms with van der Waals surface area (Å²) in [5, 5.41) is 3.27. The number of hydrogen-bond acceptors (Lipinski definition) is 2. The first-order chi connectivity index (χ1) is 10.8. The van der Waals surface area contributed by atoms with Crippen LogP contribution in [-0.4, -0.2) is 17.9 Å². The van der Waals surface area contributed by atoms with Gasteiger partial charge in [0, 0.05) is 26.0 Å². The normalized spacial score (nSPS) is 11.8. The summed E-state index contributed by atoms with van der Waals surface area (Å²) in [5.74, 6) is -0.966. The first-order valence-corrected chi connectivity index (χ1v) is 8.62. The largest absolute Gasteiger partial charge is 0.368 e. The maximum Gasteiger partial charge on any atom is 0.252 e. The molecule has 1 atom stereocenters. The molecule has 4 nitrogen and oxygen atoms in total. The van der Waals surface area contributed by atoms with Crippen molar-refractivity contribution in [2.75, 3.05) is 0 Å². The topological polar surface area (TPSA) is 72.2 Å². The number of hydrogen-bond donors (Lipinski definition) is 2. The zero-order valence-electron chi connectivity index (χ0n) is 11.9. The molecule has 0 saturated carbocycles. The monoisotopic (exact) mass is 458 g/mol. The summed E-state index contributed by atoms with van der Waals surface area (Å²) in [6.45, 7) is 0. The first-order valence-electron chi connectivity index (χ1n) is 6.66. The molecule has 0 spiro atoms. The molecule has 0 aliphatic carbocycles. The lowest BCUT2D eigenvalue weighted by Gasteiger charge is -2.16. The number of primary amides is 1. The molecule has 0 bridgehead atoms. The molecule has 2 amide bonds. The third kappa shape index (κ3) is 5.34. The van der Waals surface area contributed by atoms with Gasteiger partial charge in [0.1, 0.15) is 6.04 Å². The molecule has 0 radical (unpaired) electrons. The predicted octanol–water partition coefficient (Wildman–Crippen LogP) is 3.69. The van der Waals surface area contributed by atoms with E-state index in [9.17, 15) is 9.59 Å². The molecule has 0 aromatic heterocycles. The van der Waals surface area contributed by atoms with Crippen molar-refractivity contribution in [3.63, 3.8) is 0 Å². The van der Waals surface area contributed by atoms with Crippen molar-refractivity contribution in [1.82, 2.24) is 5.32 Å². The fourth-order valence-corrected chi connectivity index (χ4v) is 3.43. The van der Waals surface area contributed by atoms with Gasteiger partial charge < -0.3 is 11.1 Å². The molecule has 2 aromatic carbocycles. The number of nitrogens with two attached hydrogens (primary N) is 1. The van der Waals surface area contributed by atoms with Crippen LogP contribution in [0, 0.1) is 0 Å². The fraction of sp³-hybridized carbons (Fsp3) is 0.125. The highest BCUT2D eigenvalue weighted by molar-refractivity contribution is 9.11. The van der Waals surface area contributed by atoms with Crippen molar-refractivity contribution < 1.29 is 9.59 Å². The van der Waals surface area contributed by atoms with Crippen LogP contribution in [0.15, 0.2) is 51.4 Å². The van der Waals surface area contributed by atoms with Crippen LogP contribution in [0.2, 0.25) is 5.02 Å². The summed E-state index contributed by atoms with van der Waals surface area (Å²) < 4.78 is 1.51. The van der Waals surface area contributed by atoms with Crippen LogP contribution in [0.4, 0.5) is 0 Å². The molecule has 7 heteroatoms. The number of amides is 2. The molecule has 23 heavy (non-hydrogen) atoms. The van der Waals surface area contributed by atoms with Gasteiger partial charge in [0.2, 0.25) is 5.91 Å². The Labute approximate surface area is 155 Å². The highest BCUT2D eigenvalue weighted by atomic mass is 79.9. The number of carbonyl (C=O) groups is 2. The Morgan fingerprint density at radius 2 is 1.65 bits per heavy atom. The lowest BCUT2D eigenvalue weighted by atomic mass is 10.0. The average molecular weight is 461 g/mol. The van der Waals surface area contributed by atoms with E-state index in [1.54, 1.807) is 36.4 Å². The zero-order chi connectivity index (χ0) is 17.0. The second kappa shape index (κ2) is 7.95. The van der Waals surface area contributed by atoms with Gasteiger partial charge in [-0.25, -0.2) is 0 Å². The molecule has 2 aromatic rings. The molecule has 120 valence electrons. The van der Waals surface area contributed by atoms with Gasteiger partial charge in [-0.05, 0) is 35.9 Å². The minimum Gasteiger partial charge on any atom is -0.368 e. The second-order valence-electron chi connectivity index (χ2n) is 4.92. The van der Waals surface area contributed by atoms with Crippen LogP contribution in [0.5, 0.6) is 0 Å². The van der Waals surface area contributed by atoms with Gasteiger partial charge in [0.05, 0.1) is 0 Å². The Morgan fingerprint density at radius 3 is 2.17 bits per heavy atom. The SMILES string of the molecule is NC(=O)[C@H](Cc1ccc(Cl)cc1)NC(=O)c1cc(Br)cc(Br)c1. The molecule has 0 saturated heterocycles. The Hall–Kier alpha value is -1.37. The molecule has 0 heterocycles. The molecule has 0 aliphatic rings. The Kier molecular flexibility index (Phi) is 6.21. The lowest BCUT2D eigenvalue weighted by Crippen LogP contribution is -2.45. The third-order valence-electron chi connectivity index (χ3n) is 3.13. The quantitative estimate of drug-likeness (QED) is 0.714. The smallest absolute Gasteiger partial charge is 0.252 e. The van der Waals surface area contributed by atoms with E-state index in [0.29, 0.717) is 17.0 Å². The zero-order valence-corrected chi connectivity index (χ0v) is 15.8. The van der Waals surface area contributed by atoms with Gasteiger partial charge in [-0.2, -0.15) is 0 Å². The number of rotatable bonds is 5. The van der Waals surface area contributed by atoms with Crippen LogP contribution < -0.4 is 11.1 Å². The van der Waals surface area contributed by atoms with Crippen molar-refractivity contribution in [2.24, 2.45) is 5.73 Å². The Morgan fingerprint density at radius 1 is 1.09 bits per heavy atom. The standard InChI is InChI=1S/C16H13Br2ClN2O2/c17-11-6-10(7-12(18)8-11)16(23)21-14(15(20)22)5-9-1-3-13(19)4-2-9/h1-4,6-8,14H,5H2,(H2,20,22)(H,21,23)/t14-/m0/s1. The highest BCUT2D eigenvalue weighted by Gasteiger charge is 2.20. The van der Waals surface area contributed by atoms with E-state index < -0.39 is 11.9 Å². The maximum absolute atomic E-state index is 12.3. The van der Waals surface area contributed by atoms with Gasteiger partial charge in [0.25, 0.3) is 5.91 Å². The van der Waals surface area contributed by atoms with Crippen LogP contribution in [0.1, 0.15) is 15.9 Å². The van der Waals surface area contributed by atoms with Gasteiger partial charge >= 0.3 is 0 Å². The lowest BCUT2D eigenvalue weighted by molar-refractivity contribution is -0.119. The van der Waals surface area contributed by atoms with E-state index in [1.165, 1.54) is 0 Å². The van der Waals surface area contributed by atoms with Crippen LogP contribution in [0.3, 0.4) is 0 Å². The van der Waals surface area contributed by atoms with Gasteiger partial charge in [0.15, 0.2) is 0 Å². The third-order valence-corrected chi connectivity index (χ3v) is 4.29. The summed E-state index contributed by atoms with van der Waals surface area (Å²) in [6.07, 6.45) is 0.299. The second-order valence-corrected chi connectivity index (χ2v) is 7.18. The average Bonchev–Trinajstić information content (AvgIpc) is 2.47. The molecule has 0 fully saturated rings. The summed E-state index contributed by atoms with van der Waals surface area (Å²) >= 11 is 12.5. The van der Waals surface area contributed by atoms with Crippen molar-refractivity contribution >= 4 is 55.3 Å². The van der Waals surface area contributed by atoms with Crippen LogP contribution in [0.25, 0.3) is 0 Å². The molecule has 2 rings (SSSR count). The molecule has 3 N–H and O–H groups in total. The van der Waals surface area contributed by atoms with E-state index in [0.717, 1.165) is 14.5 Å². The first kappa shape index (κ1) is 18.0. The summed E-state index contributed by atoms with van der Waals surface area (Å²) in [5.41, 5.74) is 6.68. The number of benzene rings is 2. The van der Waals surface area contributed by atoms with E-state index >= 15 is 0 Å². The Bertz CT molecular complexity index is 715. The van der Waals surface area contributed by atoms with Crippen molar-refractivity contribution in [1.29, 1.82) is 0 Å². The summed E-state index contributed by atoms with van der Waals surface area (Å²) in [7, 11) is 0. The number of carbonyl (C=O) groups excluding carboxylic acids is 2. The summed E-state index contributed by atoms with van der Waals surface area (Å²) in [4.78, 5) is 24.0. The van der Waals surface area contributed by atoms with Gasteiger partial charge in [-0.3, -0.25) is 9.59 Å². The highest BCUT2D eigenvalue weighted by Crippen LogP contribution is 2.20.